The van der Waals surface area contributed by atoms with Crippen LogP contribution >= 0.6 is 12.6 Å². The van der Waals surface area contributed by atoms with Crippen LogP contribution in [0.4, 0.5) is 22.1 Å². The number of rotatable bonds is 2. The molecule has 0 aliphatic rings. The fourth-order valence-corrected chi connectivity index (χ4v) is 0.0809. The van der Waals surface area contributed by atoms with E-state index >= 15 is 0 Å². The summed E-state index contributed by atoms with van der Waals surface area (Å²) in [7, 11) is 0. The molecule has 0 aromatic carbocycles. The number of hydrogen-bond donors (Lipinski definition) is 1. The van der Waals surface area contributed by atoms with Gasteiger partial charge in [-0.15, -0.1) is 4.94 Å². The number of halogens is 5. The van der Waals surface area contributed by atoms with Crippen molar-refractivity contribution in [1.29, 1.82) is 0 Å². The van der Waals surface area contributed by atoms with Gasteiger partial charge in [0.2, 0.25) is 0 Å². The Kier molecular flexibility index (Phi) is 2.29. The van der Waals surface area contributed by atoms with E-state index in [4.69, 9.17) is 0 Å². The zero-order chi connectivity index (χ0) is 7.71. The molecule has 0 atom stereocenters. The average Bonchev–Trinajstić information content (AvgIpc) is 1.64. The maximum absolute atomic E-state index is 11.2. The van der Waals surface area contributed by atoms with Crippen LogP contribution < -0.4 is 0 Å². The van der Waals surface area contributed by atoms with E-state index in [0.29, 0.717) is 0 Å². The second-order valence-electron chi connectivity index (χ2n) is 1.14. The zero-order valence-corrected chi connectivity index (χ0v) is 4.64. The summed E-state index contributed by atoms with van der Waals surface area (Å²) in [6, 6.07) is 0. The van der Waals surface area contributed by atoms with Gasteiger partial charge < -0.3 is 0 Å². The Balaban J connectivity index is 4.14. The third-order valence-corrected chi connectivity index (χ3v) is 0.707. The van der Waals surface area contributed by atoms with Gasteiger partial charge in [0.15, 0.2) is 0 Å². The Bertz CT molecular complexity index is 97.6. The van der Waals surface area contributed by atoms with E-state index in [1.807, 2.05) is 0 Å². The molecule has 0 amide bonds. The van der Waals surface area contributed by atoms with Crippen molar-refractivity contribution in [3.8, 4) is 0 Å². The third kappa shape index (κ3) is 1.98. The van der Waals surface area contributed by atoms with Gasteiger partial charge in [0, 0.05) is 0 Å². The first kappa shape index (κ1) is 8.96. The summed E-state index contributed by atoms with van der Waals surface area (Å²) in [6.07, 6.45) is -5.16. The van der Waals surface area contributed by atoms with E-state index in [1.165, 1.54) is 0 Å². The molecule has 0 saturated carbocycles. The second-order valence-corrected chi connectivity index (χ2v) is 1.70. The topological polar surface area (TPSA) is 9.23 Å². The van der Waals surface area contributed by atoms with Crippen LogP contribution in [0, 0.1) is 0 Å². The molecule has 56 valence electrons. The molecule has 0 aromatic rings. The highest BCUT2D eigenvalue weighted by Gasteiger charge is 2.56. The molecule has 0 heterocycles. The molecular weight excluding hydrogens is 167 g/mol. The van der Waals surface area contributed by atoms with Gasteiger partial charge in [-0.05, 0) is 4.53 Å². The quantitative estimate of drug-likeness (QED) is 0.490. The fourth-order valence-electron chi connectivity index (χ4n) is 0.0464. The monoisotopic (exact) mass is 168 g/mol. The Morgan fingerprint density at radius 1 is 1.11 bits per heavy atom. The summed E-state index contributed by atoms with van der Waals surface area (Å²) in [5.74, 6) is 0. The fraction of sp³-hybridized carbons (Fsp3) is 1.00. The smallest absolute Gasteiger partial charge is 0.184 e. The van der Waals surface area contributed by atoms with Crippen LogP contribution in [0.2, 0.25) is 0 Å². The van der Waals surface area contributed by atoms with Crippen LogP contribution in [0.25, 0.3) is 0 Å². The summed E-state index contributed by atoms with van der Waals surface area (Å²) in [5, 5.41) is -4.79. The summed E-state index contributed by atoms with van der Waals surface area (Å²) < 4.78 is 55.5. The first-order valence-corrected chi connectivity index (χ1v) is 2.04. The van der Waals surface area contributed by atoms with Gasteiger partial charge in [-0.2, -0.15) is 17.6 Å². The SMILES string of the molecule is FOC(F)(F)C(F)(F)S. The van der Waals surface area contributed by atoms with Crippen LogP contribution in [0.5, 0.6) is 0 Å². The van der Waals surface area contributed by atoms with Gasteiger partial charge in [-0.25, -0.2) is 0 Å². The van der Waals surface area contributed by atoms with E-state index in [1.54, 1.807) is 4.94 Å². The Hall–Kier alpha value is -0.0400. The average molecular weight is 168 g/mol. The molecule has 0 saturated heterocycles. The molecular formula is C2HF5OS. The molecule has 1 nitrogen and oxygen atoms in total. The van der Waals surface area contributed by atoms with Crippen molar-refractivity contribution in [3.63, 3.8) is 0 Å². The highest BCUT2D eigenvalue weighted by molar-refractivity contribution is 7.81. The third-order valence-electron chi connectivity index (χ3n) is 0.447. The van der Waals surface area contributed by atoms with Crippen LogP contribution in [-0.4, -0.2) is 11.4 Å². The standard InChI is InChI=1S/C2HF5OS/c3-1(4,8-7)2(5,6)9/h9H. The Morgan fingerprint density at radius 3 is 1.44 bits per heavy atom. The van der Waals surface area contributed by atoms with E-state index < -0.39 is 11.4 Å². The van der Waals surface area contributed by atoms with Crippen LogP contribution in [-0.2, 0) is 4.94 Å². The summed E-state index contributed by atoms with van der Waals surface area (Å²) in [4.78, 5) is 1.64. The van der Waals surface area contributed by atoms with Crippen LogP contribution in [0.3, 0.4) is 0 Å². The number of thiol groups is 1. The molecule has 0 aliphatic carbocycles. The van der Waals surface area contributed by atoms with Gasteiger partial charge >= 0.3 is 11.4 Å². The highest BCUT2D eigenvalue weighted by atomic mass is 32.1. The summed E-state index contributed by atoms with van der Waals surface area (Å²) in [6.45, 7) is 0. The molecule has 0 rings (SSSR count). The van der Waals surface area contributed by atoms with E-state index in [9.17, 15) is 22.1 Å². The predicted octanol–water partition coefficient (Wildman–Crippen LogP) is 2.00. The maximum atomic E-state index is 11.2. The van der Waals surface area contributed by atoms with Crippen LogP contribution in [0.1, 0.15) is 0 Å². The lowest BCUT2D eigenvalue weighted by atomic mass is 10.7. The van der Waals surface area contributed by atoms with Crippen molar-refractivity contribution in [2.75, 3.05) is 0 Å². The second kappa shape index (κ2) is 2.30. The van der Waals surface area contributed by atoms with Crippen molar-refractivity contribution in [1.82, 2.24) is 0 Å². The van der Waals surface area contributed by atoms with Crippen molar-refractivity contribution >= 4 is 12.6 Å². The van der Waals surface area contributed by atoms with Crippen molar-refractivity contribution in [3.05, 3.63) is 0 Å². The molecule has 7 heteroatoms. The van der Waals surface area contributed by atoms with Crippen molar-refractivity contribution in [2.24, 2.45) is 0 Å². The van der Waals surface area contributed by atoms with E-state index in [2.05, 4.69) is 12.6 Å². The molecule has 0 spiro atoms. The lowest BCUT2D eigenvalue weighted by Crippen LogP contribution is -2.35. The minimum atomic E-state index is -5.16. The molecule has 0 fully saturated rings. The molecule has 0 aliphatic heterocycles. The molecule has 0 unspecified atom stereocenters. The van der Waals surface area contributed by atoms with Crippen molar-refractivity contribution < 1.29 is 27.0 Å². The normalized spacial score (nSPS) is 14.0. The largest absolute Gasteiger partial charge is 0.459 e. The molecule has 0 N–H and O–H groups in total. The highest BCUT2D eigenvalue weighted by Crippen LogP contribution is 2.38. The molecule has 0 bridgehead atoms. The number of hydrogen-bond acceptors (Lipinski definition) is 2. The summed E-state index contributed by atoms with van der Waals surface area (Å²) in [5.41, 5.74) is 0. The Labute approximate surface area is 52.1 Å². The van der Waals surface area contributed by atoms with Gasteiger partial charge in [0.1, 0.15) is 0 Å². The number of alkyl halides is 4. The maximum Gasteiger partial charge on any atom is 0.459 e. The Morgan fingerprint density at radius 2 is 1.44 bits per heavy atom. The van der Waals surface area contributed by atoms with Crippen molar-refractivity contribution in [2.45, 2.75) is 11.4 Å². The summed E-state index contributed by atoms with van der Waals surface area (Å²) >= 11 is 2.07. The predicted molar refractivity (Wildman–Crippen MR) is 21.1 cm³/mol. The first-order valence-electron chi connectivity index (χ1n) is 1.59. The zero-order valence-electron chi connectivity index (χ0n) is 3.75. The first-order chi connectivity index (χ1) is 3.81. The van der Waals surface area contributed by atoms with Gasteiger partial charge in [0.25, 0.3) is 0 Å². The molecule has 0 aromatic heterocycles. The minimum Gasteiger partial charge on any atom is -0.184 e. The van der Waals surface area contributed by atoms with E-state index in [-0.39, 0.29) is 0 Å². The van der Waals surface area contributed by atoms with Gasteiger partial charge in [-0.1, -0.05) is 12.6 Å². The van der Waals surface area contributed by atoms with Gasteiger partial charge in [0.05, 0.1) is 0 Å². The molecule has 9 heavy (non-hydrogen) atoms. The van der Waals surface area contributed by atoms with Gasteiger partial charge in [-0.3, -0.25) is 0 Å². The van der Waals surface area contributed by atoms with Crippen LogP contribution in [0.15, 0.2) is 0 Å². The lowest BCUT2D eigenvalue weighted by molar-refractivity contribution is -0.401. The van der Waals surface area contributed by atoms with E-state index in [0.717, 1.165) is 0 Å². The lowest BCUT2D eigenvalue weighted by Gasteiger charge is -2.15. The minimum absolute atomic E-state index is 1.64. The molecule has 0 radical (unpaired) electrons.